The minimum atomic E-state index is -1.89. The Balaban J connectivity index is 1.32. The number of hydrogen-bond donors (Lipinski definition) is 0. The fraction of sp³-hybridized carbons (Fsp3) is 0.586. The molecule has 2 aromatic rings. The molecule has 0 N–H and O–H groups in total. The molecule has 1 heterocycles. The molecule has 1 spiro atoms. The molecular formula is C29H38O4Si. The molecular weight excluding hydrogens is 440 g/mol. The molecule has 182 valence electrons. The van der Waals surface area contributed by atoms with Crippen molar-refractivity contribution < 1.29 is 18.9 Å². The van der Waals surface area contributed by atoms with Crippen molar-refractivity contribution in [1.29, 1.82) is 0 Å². The van der Waals surface area contributed by atoms with Gasteiger partial charge in [-0.05, 0) is 98.2 Å². The molecule has 1 saturated heterocycles. The summed E-state index contributed by atoms with van der Waals surface area (Å²) in [7, 11) is -1.89. The molecule has 4 aliphatic carbocycles. The van der Waals surface area contributed by atoms with E-state index in [1.54, 1.807) is 0 Å². The summed E-state index contributed by atoms with van der Waals surface area (Å²) in [4.78, 5) is 12.3. The third-order valence-electron chi connectivity index (χ3n) is 9.58. The Morgan fingerprint density at radius 1 is 0.765 bits per heavy atom. The fourth-order valence-corrected chi connectivity index (χ4v) is 8.08. The Morgan fingerprint density at radius 2 is 1.32 bits per heavy atom. The van der Waals surface area contributed by atoms with Crippen molar-refractivity contribution in [1.82, 2.24) is 0 Å². The van der Waals surface area contributed by atoms with Gasteiger partial charge in [-0.25, -0.2) is 4.89 Å². The molecule has 5 fully saturated rings. The maximum absolute atomic E-state index is 6.86. The highest BCUT2D eigenvalue weighted by Gasteiger charge is 2.77. The summed E-state index contributed by atoms with van der Waals surface area (Å²) < 4.78 is 13.4. The van der Waals surface area contributed by atoms with Crippen LogP contribution in [-0.2, 0) is 15.6 Å². The Bertz CT molecular complexity index is 1010. The van der Waals surface area contributed by atoms with Gasteiger partial charge in [0.2, 0.25) is 8.32 Å². The van der Waals surface area contributed by atoms with Crippen LogP contribution in [0.15, 0.2) is 54.6 Å². The van der Waals surface area contributed by atoms with E-state index in [0.29, 0.717) is 11.8 Å². The lowest BCUT2D eigenvalue weighted by molar-refractivity contribution is -0.635. The van der Waals surface area contributed by atoms with Gasteiger partial charge < -0.3 is 9.16 Å². The van der Waals surface area contributed by atoms with Crippen LogP contribution in [0.4, 0.5) is 0 Å². The van der Waals surface area contributed by atoms with Gasteiger partial charge in [-0.15, -0.1) is 0 Å². The number of hydrogen-bond acceptors (Lipinski definition) is 4. The Hall–Kier alpha value is -1.82. The monoisotopic (exact) mass is 478 g/mol. The summed E-state index contributed by atoms with van der Waals surface area (Å²) in [5.74, 6) is 3.46. The molecule has 5 heteroatoms. The highest BCUT2D eigenvalue weighted by atomic mass is 28.4. The molecule has 2 aromatic carbocycles. The Kier molecular flexibility index (Phi) is 5.05. The second-order valence-electron chi connectivity index (χ2n) is 12.7. The van der Waals surface area contributed by atoms with Gasteiger partial charge >= 0.3 is 0 Å². The van der Waals surface area contributed by atoms with Crippen molar-refractivity contribution in [2.45, 2.75) is 82.4 Å². The largest absolute Gasteiger partial charge is 0.543 e. The smallest absolute Gasteiger partial charge is 0.299 e. The van der Waals surface area contributed by atoms with Crippen LogP contribution in [0.25, 0.3) is 0 Å². The fourth-order valence-electron chi connectivity index (χ4n) is 7.05. The summed E-state index contributed by atoms with van der Waals surface area (Å²) in [6.45, 7) is 11.3. The summed E-state index contributed by atoms with van der Waals surface area (Å²) in [6.07, 6.45) is 6.32. The minimum Gasteiger partial charge on any atom is -0.543 e. The number of ether oxygens (including phenoxy) is 1. The maximum atomic E-state index is 6.86. The Labute approximate surface area is 205 Å². The molecule has 4 saturated carbocycles. The average Bonchev–Trinajstić information content (AvgIpc) is 2.77. The zero-order valence-corrected chi connectivity index (χ0v) is 22.2. The van der Waals surface area contributed by atoms with Crippen LogP contribution in [0.1, 0.15) is 58.4 Å². The SMILES string of the molecule is CC(C)(C)[Si](C)(C)Oc1ccc(OC2(c3ccccc3)OOC23C2CC4CC(C2)CC3C4)cc1. The molecule has 0 amide bonds. The zero-order chi connectivity index (χ0) is 23.8. The van der Waals surface area contributed by atoms with Crippen molar-refractivity contribution in [3.05, 3.63) is 60.2 Å². The third-order valence-corrected chi connectivity index (χ3v) is 13.9. The van der Waals surface area contributed by atoms with E-state index in [1.807, 2.05) is 30.3 Å². The summed E-state index contributed by atoms with van der Waals surface area (Å²) in [6, 6.07) is 18.6. The highest BCUT2D eigenvalue weighted by molar-refractivity contribution is 6.74. The van der Waals surface area contributed by atoms with Crippen LogP contribution in [0.5, 0.6) is 11.5 Å². The molecule has 4 nitrogen and oxygen atoms in total. The van der Waals surface area contributed by atoms with Crippen LogP contribution in [0.3, 0.4) is 0 Å². The lowest BCUT2D eigenvalue weighted by Gasteiger charge is -2.68. The van der Waals surface area contributed by atoms with Crippen LogP contribution in [0.2, 0.25) is 18.1 Å². The van der Waals surface area contributed by atoms with Crippen LogP contribution in [-0.4, -0.2) is 13.9 Å². The second kappa shape index (κ2) is 7.59. The number of rotatable bonds is 5. The van der Waals surface area contributed by atoms with Gasteiger partial charge in [-0.3, -0.25) is 0 Å². The average molecular weight is 479 g/mol. The van der Waals surface area contributed by atoms with Gasteiger partial charge in [0, 0.05) is 5.56 Å². The van der Waals surface area contributed by atoms with E-state index in [0.717, 1.165) is 28.9 Å². The standard InChI is InChI=1S/C29H38O4Si/c1-27(2,3)34(4,5)31-26-13-11-25(12-14-26)30-29(22-9-7-6-8-10-22)28(32-33-29)23-16-20-15-21(18-23)19-24(28)17-20/h6-14,20-21,23-24H,15-19H2,1-5H3. The molecule has 0 aromatic heterocycles. The van der Waals surface area contributed by atoms with E-state index >= 15 is 0 Å². The van der Waals surface area contributed by atoms with Crippen LogP contribution >= 0.6 is 0 Å². The van der Waals surface area contributed by atoms with E-state index in [4.69, 9.17) is 18.9 Å². The predicted octanol–water partition coefficient (Wildman–Crippen LogP) is 7.46. The lowest BCUT2D eigenvalue weighted by atomic mass is 9.47. The first-order valence-electron chi connectivity index (χ1n) is 13.0. The first-order valence-corrected chi connectivity index (χ1v) is 15.9. The van der Waals surface area contributed by atoms with E-state index in [9.17, 15) is 0 Å². The normalized spacial score (nSPS) is 36.4. The van der Waals surface area contributed by atoms with Crippen LogP contribution in [0, 0.1) is 23.7 Å². The molecule has 1 aliphatic heterocycles. The first kappa shape index (κ1) is 22.6. The van der Waals surface area contributed by atoms with E-state index in [1.165, 1.54) is 32.1 Å². The highest BCUT2D eigenvalue weighted by Crippen LogP contribution is 2.69. The van der Waals surface area contributed by atoms with Gasteiger partial charge in [0.15, 0.2) is 5.60 Å². The molecule has 5 aliphatic rings. The molecule has 0 radical (unpaired) electrons. The first-order chi connectivity index (χ1) is 16.1. The molecule has 4 bridgehead atoms. The molecule has 1 atom stereocenters. The van der Waals surface area contributed by atoms with Crippen molar-refractivity contribution in [2.75, 3.05) is 0 Å². The van der Waals surface area contributed by atoms with Gasteiger partial charge in [0.1, 0.15) is 11.5 Å². The van der Waals surface area contributed by atoms with Crippen molar-refractivity contribution in [3.63, 3.8) is 0 Å². The minimum absolute atomic E-state index is 0.155. The van der Waals surface area contributed by atoms with Gasteiger partial charge in [-0.1, -0.05) is 51.1 Å². The van der Waals surface area contributed by atoms with E-state index in [-0.39, 0.29) is 5.04 Å². The van der Waals surface area contributed by atoms with Gasteiger partial charge in [-0.2, -0.15) is 4.89 Å². The van der Waals surface area contributed by atoms with Crippen LogP contribution < -0.4 is 9.16 Å². The molecule has 1 unspecified atom stereocenters. The summed E-state index contributed by atoms with van der Waals surface area (Å²) >= 11 is 0. The topological polar surface area (TPSA) is 36.9 Å². The van der Waals surface area contributed by atoms with Crippen molar-refractivity contribution in [3.8, 4) is 11.5 Å². The maximum Gasteiger partial charge on any atom is 0.299 e. The van der Waals surface area contributed by atoms with Crippen molar-refractivity contribution in [2.24, 2.45) is 23.7 Å². The van der Waals surface area contributed by atoms with Gasteiger partial charge in [0.05, 0.1) is 0 Å². The second-order valence-corrected chi connectivity index (χ2v) is 17.4. The van der Waals surface area contributed by atoms with Gasteiger partial charge in [0.25, 0.3) is 5.79 Å². The van der Waals surface area contributed by atoms with Crippen molar-refractivity contribution >= 4 is 8.32 Å². The van der Waals surface area contributed by atoms with E-state index < -0.39 is 19.7 Å². The quantitative estimate of drug-likeness (QED) is 0.330. The Morgan fingerprint density at radius 3 is 1.82 bits per heavy atom. The van der Waals surface area contributed by atoms with E-state index in [2.05, 4.69) is 58.1 Å². The third kappa shape index (κ3) is 3.23. The summed E-state index contributed by atoms with van der Waals surface area (Å²) in [5.41, 5.74) is 0.647. The molecule has 34 heavy (non-hydrogen) atoms. The summed E-state index contributed by atoms with van der Waals surface area (Å²) in [5, 5.41) is 0.155. The number of benzene rings is 2. The lowest BCUT2D eigenvalue weighted by Crippen LogP contribution is -2.77. The zero-order valence-electron chi connectivity index (χ0n) is 21.2. The molecule has 7 rings (SSSR count). The predicted molar refractivity (Wildman–Crippen MR) is 135 cm³/mol.